The summed E-state index contributed by atoms with van der Waals surface area (Å²) in [5.74, 6) is -0.375. The fourth-order valence-corrected chi connectivity index (χ4v) is 2.23. The third-order valence-electron chi connectivity index (χ3n) is 3.18. The molecule has 1 N–H and O–H groups in total. The lowest BCUT2D eigenvalue weighted by atomic mass is 10.2. The molecule has 0 heterocycles. The minimum atomic E-state index is -0.284. The van der Waals surface area contributed by atoms with Gasteiger partial charge in [0.05, 0.1) is 10.0 Å². The summed E-state index contributed by atoms with van der Waals surface area (Å²) in [5.41, 5.74) is 1.94. The average molecular weight is 363 g/mol. The number of hydrogen-bond donors (Lipinski definition) is 1. The first kappa shape index (κ1) is 18.0. The maximum absolute atomic E-state index is 11.9. The summed E-state index contributed by atoms with van der Waals surface area (Å²) in [4.78, 5) is 25.2. The molecule has 2 aromatic rings. The van der Waals surface area contributed by atoms with Crippen molar-refractivity contribution in [3.8, 4) is 0 Å². The van der Waals surface area contributed by atoms with E-state index in [2.05, 4.69) is 5.32 Å². The van der Waals surface area contributed by atoms with Crippen molar-refractivity contribution in [2.75, 3.05) is 19.4 Å². The smallest absolute Gasteiger partial charge is 0.253 e. The molecule has 2 rings (SSSR count). The van der Waals surface area contributed by atoms with Gasteiger partial charge >= 0.3 is 0 Å². The van der Waals surface area contributed by atoms with Crippen molar-refractivity contribution in [3.05, 3.63) is 69.7 Å². The van der Waals surface area contributed by atoms with Crippen LogP contribution in [0, 0.1) is 0 Å². The second-order valence-corrected chi connectivity index (χ2v) is 6.09. The molecular weight excluding hydrogens is 347 g/mol. The Morgan fingerprint density at radius 3 is 2.25 bits per heavy atom. The van der Waals surface area contributed by atoms with E-state index in [0.717, 1.165) is 5.56 Å². The van der Waals surface area contributed by atoms with E-state index in [1.807, 2.05) is 0 Å². The van der Waals surface area contributed by atoms with Gasteiger partial charge in [0.2, 0.25) is 5.91 Å². The molecule has 0 fully saturated rings. The standard InChI is InChI=1S/C18H16Cl2N2O2/c1-22(2)18(24)13-5-7-14(8-6-13)21-17(23)10-4-12-3-9-15(19)16(20)11-12/h3-11H,1-2H3,(H,21,23)/b10-4+. The molecule has 2 amide bonds. The highest BCUT2D eigenvalue weighted by Gasteiger charge is 2.07. The SMILES string of the molecule is CN(C)C(=O)c1ccc(NC(=O)/C=C/c2ccc(Cl)c(Cl)c2)cc1. The van der Waals surface area contributed by atoms with Gasteiger partial charge in [0.25, 0.3) is 5.91 Å². The van der Waals surface area contributed by atoms with Crippen LogP contribution >= 0.6 is 23.2 Å². The normalized spacial score (nSPS) is 10.7. The Kier molecular flexibility index (Phi) is 6.01. The Morgan fingerprint density at radius 2 is 1.67 bits per heavy atom. The molecule has 0 spiro atoms. The Balaban J connectivity index is 2.00. The number of nitrogens with one attached hydrogen (secondary N) is 1. The van der Waals surface area contributed by atoms with Gasteiger partial charge in [0, 0.05) is 31.4 Å². The van der Waals surface area contributed by atoms with E-state index in [9.17, 15) is 9.59 Å². The number of hydrogen-bond acceptors (Lipinski definition) is 2. The number of anilines is 1. The highest BCUT2D eigenvalue weighted by atomic mass is 35.5. The number of halogens is 2. The lowest BCUT2D eigenvalue weighted by Gasteiger charge is -2.10. The van der Waals surface area contributed by atoms with Crippen molar-refractivity contribution in [2.24, 2.45) is 0 Å². The predicted molar refractivity (Wildman–Crippen MR) is 98.6 cm³/mol. The predicted octanol–water partition coefficient (Wildman–Crippen LogP) is 4.35. The zero-order chi connectivity index (χ0) is 17.7. The lowest BCUT2D eigenvalue weighted by molar-refractivity contribution is -0.111. The van der Waals surface area contributed by atoms with Crippen LogP contribution in [0.5, 0.6) is 0 Å². The number of carbonyl (C=O) groups excluding carboxylic acids is 2. The molecule has 0 saturated carbocycles. The van der Waals surface area contributed by atoms with Crippen LogP contribution in [-0.2, 0) is 4.79 Å². The summed E-state index contributed by atoms with van der Waals surface area (Å²) in [5, 5.41) is 3.62. The van der Waals surface area contributed by atoms with Crippen molar-refractivity contribution in [1.29, 1.82) is 0 Å². The van der Waals surface area contributed by atoms with E-state index in [-0.39, 0.29) is 11.8 Å². The molecule has 0 radical (unpaired) electrons. The van der Waals surface area contributed by atoms with Gasteiger partial charge in [0.1, 0.15) is 0 Å². The first-order valence-electron chi connectivity index (χ1n) is 7.12. The summed E-state index contributed by atoms with van der Waals surface area (Å²) in [6, 6.07) is 11.8. The molecule has 0 aliphatic rings. The van der Waals surface area contributed by atoms with E-state index in [4.69, 9.17) is 23.2 Å². The van der Waals surface area contributed by atoms with Crippen molar-refractivity contribution in [1.82, 2.24) is 4.90 Å². The lowest BCUT2D eigenvalue weighted by Crippen LogP contribution is -2.21. The van der Waals surface area contributed by atoms with Crippen LogP contribution in [0.3, 0.4) is 0 Å². The van der Waals surface area contributed by atoms with Gasteiger partial charge in [-0.15, -0.1) is 0 Å². The third kappa shape index (κ3) is 4.85. The van der Waals surface area contributed by atoms with Crippen molar-refractivity contribution in [3.63, 3.8) is 0 Å². The van der Waals surface area contributed by atoms with E-state index < -0.39 is 0 Å². The number of rotatable bonds is 4. The Hall–Kier alpha value is -2.30. The maximum atomic E-state index is 11.9. The van der Waals surface area contributed by atoms with Crippen LogP contribution in [0.1, 0.15) is 15.9 Å². The maximum Gasteiger partial charge on any atom is 0.253 e. The zero-order valence-electron chi connectivity index (χ0n) is 13.2. The molecule has 2 aromatic carbocycles. The average Bonchev–Trinajstić information content (AvgIpc) is 2.56. The van der Waals surface area contributed by atoms with E-state index >= 15 is 0 Å². The van der Waals surface area contributed by atoms with Gasteiger partial charge in [-0.25, -0.2) is 0 Å². The quantitative estimate of drug-likeness (QED) is 0.822. The number of amides is 2. The van der Waals surface area contributed by atoms with Crippen LogP contribution < -0.4 is 5.32 Å². The van der Waals surface area contributed by atoms with Crippen molar-refractivity contribution >= 4 is 46.8 Å². The van der Waals surface area contributed by atoms with E-state index in [1.54, 1.807) is 62.6 Å². The Labute approximate surface area is 150 Å². The molecule has 0 unspecified atom stereocenters. The molecule has 0 bridgehead atoms. The first-order chi connectivity index (χ1) is 11.4. The molecule has 0 atom stereocenters. The molecule has 0 aromatic heterocycles. The topological polar surface area (TPSA) is 49.4 Å². The second kappa shape index (κ2) is 7.99. The summed E-state index contributed by atoms with van der Waals surface area (Å²) in [6.45, 7) is 0. The molecule has 0 saturated heterocycles. The molecule has 0 aliphatic carbocycles. The van der Waals surface area contributed by atoms with Gasteiger partial charge in [-0.05, 0) is 48.0 Å². The molecule has 4 nitrogen and oxygen atoms in total. The third-order valence-corrected chi connectivity index (χ3v) is 3.92. The van der Waals surface area contributed by atoms with Crippen LogP contribution in [0.25, 0.3) is 6.08 Å². The molecule has 6 heteroatoms. The molecule has 124 valence electrons. The highest BCUT2D eigenvalue weighted by molar-refractivity contribution is 6.42. The van der Waals surface area contributed by atoms with E-state index in [0.29, 0.717) is 21.3 Å². The first-order valence-corrected chi connectivity index (χ1v) is 7.88. The van der Waals surface area contributed by atoms with Gasteiger partial charge < -0.3 is 10.2 Å². The fourth-order valence-electron chi connectivity index (χ4n) is 1.93. The second-order valence-electron chi connectivity index (χ2n) is 5.27. The minimum Gasteiger partial charge on any atom is -0.345 e. The summed E-state index contributed by atoms with van der Waals surface area (Å²) >= 11 is 11.8. The fraction of sp³-hybridized carbons (Fsp3) is 0.111. The van der Waals surface area contributed by atoms with Crippen molar-refractivity contribution in [2.45, 2.75) is 0 Å². The minimum absolute atomic E-state index is 0.0904. The van der Waals surface area contributed by atoms with Crippen LogP contribution in [0.4, 0.5) is 5.69 Å². The van der Waals surface area contributed by atoms with Gasteiger partial charge in [-0.3, -0.25) is 9.59 Å². The van der Waals surface area contributed by atoms with Gasteiger partial charge in [-0.1, -0.05) is 29.3 Å². The Bertz CT molecular complexity index is 784. The molecular formula is C18H16Cl2N2O2. The van der Waals surface area contributed by atoms with Crippen LogP contribution in [0.15, 0.2) is 48.5 Å². The highest BCUT2D eigenvalue weighted by Crippen LogP contribution is 2.23. The van der Waals surface area contributed by atoms with Gasteiger partial charge in [-0.2, -0.15) is 0 Å². The van der Waals surface area contributed by atoms with Gasteiger partial charge in [0.15, 0.2) is 0 Å². The molecule has 0 aliphatic heterocycles. The number of carbonyl (C=O) groups is 2. The molecule has 24 heavy (non-hydrogen) atoms. The van der Waals surface area contributed by atoms with E-state index in [1.165, 1.54) is 11.0 Å². The zero-order valence-corrected chi connectivity index (χ0v) is 14.7. The Morgan fingerprint density at radius 1 is 1.00 bits per heavy atom. The number of nitrogens with zero attached hydrogens (tertiary/aromatic N) is 1. The van der Waals surface area contributed by atoms with Crippen LogP contribution in [-0.4, -0.2) is 30.8 Å². The van der Waals surface area contributed by atoms with Crippen LogP contribution in [0.2, 0.25) is 10.0 Å². The monoisotopic (exact) mass is 362 g/mol. The van der Waals surface area contributed by atoms with Crippen molar-refractivity contribution < 1.29 is 9.59 Å². The summed E-state index contributed by atoms with van der Waals surface area (Å²) < 4.78 is 0. The summed E-state index contributed by atoms with van der Waals surface area (Å²) in [6.07, 6.45) is 3.04. The number of benzene rings is 2. The summed E-state index contributed by atoms with van der Waals surface area (Å²) in [7, 11) is 3.37. The largest absolute Gasteiger partial charge is 0.345 e.